The number of amides is 4. The smallest absolute Gasteiger partial charge is 0.408 e. The van der Waals surface area contributed by atoms with E-state index >= 15 is 0 Å². The molecule has 4 amide bonds. The van der Waals surface area contributed by atoms with Crippen LogP contribution in [0.1, 0.15) is 67.2 Å². The Morgan fingerprint density at radius 3 is 2.07 bits per heavy atom. The van der Waals surface area contributed by atoms with E-state index in [1.54, 1.807) is 90.1 Å². The van der Waals surface area contributed by atoms with Crippen LogP contribution in [-0.2, 0) is 34.0 Å². The molecule has 0 radical (unpaired) electrons. The highest BCUT2D eigenvalue weighted by molar-refractivity contribution is 7.91. The van der Waals surface area contributed by atoms with Gasteiger partial charge in [-0.3, -0.25) is 19.1 Å². The SMILES string of the molecule is CC(C)(C)OC(=O)N[C@H](C(=O)N1C[C@H](ON=c2c3ccccc3oc3ccccc23)C[C@H]1C(=O)N[C@@]1(C(=O)NS(=O)(=O)C2CC2)C[C@H]1C(F)F)C(C)(C)C. The first-order valence-corrected chi connectivity index (χ1v) is 19.3. The number of sulfonamides is 1. The van der Waals surface area contributed by atoms with Gasteiger partial charge in [0.05, 0.1) is 17.7 Å². The van der Waals surface area contributed by atoms with Gasteiger partial charge in [0.2, 0.25) is 28.3 Å². The van der Waals surface area contributed by atoms with Crippen molar-refractivity contribution in [2.45, 2.75) is 108 Å². The van der Waals surface area contributed by atoms with Crippen LogP contribution in [0.15, 0.2) is 58.1 Å². The molecule has 1 aromatic heterocycles. The molecule has 3 N–H and O–H groups in total. The number of fused-ring (bicyclic) bond motifs is 2. The second-order valence-corrected chi connectivity index (χ2v) is 18.2. The van der Waals surface area contributed by atoms with Crippen molar-refractivity contribution < 1.29 is 50.4 Å². The molecule has 3 aromatic rings. The highest BCUT2D eigenvalue weighted by atomic mass is 32.2. The number of alkyl carbamates (subject to hydrolysis) is 1. The summed E-state index contributed by atoms with van der Waals surface area (Å²) >= 11 is 0. The summed E-state index contributed by atoms with van der Waals surface area (Å²) in [5.74, 6) is -4.61. The second-order valence-electron chi connectivity index (χ2n) is 16.2. The zero-order valence-electron chi connectivity index (χ0n) is 30.9. The summed E-state index contributed by atoms with van der Waals surface area (Å²) < 4.78 is 66.8. The van der Waals surface area contributed by atoms with Gasteiger partial charge in [0.1, 0.15) is 45.9 Å². The molecule has 0 bridgehead atoms. The van der Waals surface area contributed by atoms with E-state index in [4.69, 9.17) is 14.0 Å². The molecular weight excluding hydrogens is 728 g/mol. The van der Waals surface area contributed by atoms with Crippen molar-refractivity contribution in [3.8, 4) is 0 Å². The average Bonchev–Trinajstić information content (AvgIpc) is 4.00. The molecule has 3 aliphatic rings. The third-order valence-corrected chi connectivity index (χ3v) is 11.5. The van der Waals surface area contributed by atoms with Crippen molar-refractivity contribution in [3.63, 3.8) is 0 Å². The highest BCUT2D eigenvalue weighted by Gasteiger charge is 2.67. The number of alkyl halides is 2. The van der Waals surface area contributed by atoms with Gasteiger partial charge in [0.15, 0.2) is 0 Å². The standard InChI is InChI=1S/C37H45F2N5O9S/c1-35(2,3)29(40-34(48)52-36(4,5)6)32(46)44-19-20(53-42-28-22-11-7-9-13-26(22)51-27-14-10-8-12-23(27)28)17-25(44)31(45)41-37(18-24(37)30(38)39)33(47)43-54(49,50)21-15-16-21/h7-14,20-21,24-25,29-30H,15-19H2,1-6H3,(H,40,48)(H,41,45)(H,43,47)/t20-,24+,25+,29-,37+/m1/s1. The molecule has 1 aliphatic heterocycles. The van der Waals surface area contributed by atoms with Gasteiger partial charge < -0.3 is 29.5 Å². The predicted octanol–water partition coefficient (Wildman–Crippen LogP) is 4.08. The first kappa shape index (κ1) is 38.9. The maximum Gasteiger partial charge on any atom is 0.408 e. The fraction of sp³-hybridized carbons (Fsp3) is 0.541. The van der Waals surface area contributed by atoms with Gasteiger partial charge in [-0.2, -0.15) is 0 Å². The molecule has 6 rings (SSSR count). The topological polar surface area (TPSA) is 186 Å². The summed E-state index contributed by atoms with van der Waals surface area (Å²) in [6.45, 7) is 9.87. The number of hydrogen-bond donors (Lipinski definition) is 3. The van der Waals surface area contributed by atoms with Crippen LogP contribution in [0.3, 0.4) is 0 Å². The fourth-order valence-electron chi connectivity index (χ4n) is 6.64. The van der Waals surface area contributed by atoms with E-state index in [2.05, 4.69) is 15.8 Å². The number of benzene rings is 2. The van der Waals surface area contributed by atoms with Crippen molar-refractivity contribution in [1.29, 1.82) is 0 Å². The zero-order chi connectivity index (χ0) is 39.4. The molecule has 1 saturated heterocycles. The molecule has 5 atom stereocenters. The van der Waals surface area contributed by atoms with Gasteiger partial charge in [-0.1, -0.05) is 50.2 Å². The lowest BCUT2D eigenvalue weighted by Gasteiger charge is -2.36. The van der Waals surface area contributed by atoms with Crippen LogP contribution in [0.4, 0.5) is 13.6 Å². The van der Waals surface area contributed by atoms with Gasteiger partial charge in [0, 0.05) is 17.2 Å². The fourth-order valence-corrected chi connectivity index (χ4v) is 8.00. The Hall–Kier alpha value is -4.80. The van der Waals surface area contributed by atoms with Crippen molar-refractivity contribution >= 4 is 55.8 Å². The van der Waals surface area contributed by atoms with E-state index < -0.39 is 92.6 Å². The third kappa shape index (κ3) is 8.15. The Morgan fingerprint density at radius 2 is 1.56 bits per heavy atom. The quantitative estimate of drug-likeness (QED) is 0.202. The lowest BCUT2D eigenvalue weighted by molar-refractivity contribution is -0.143. The van der Waals surface area contributed by atoms with Gasteiger partial charge in [0.25, 0.3) is 5.91 Å². The zero-order valence-corrected chi connectivity index (χ0v) is 31.7. The molecule has 17 heteroatoms. The van der Waals surface area contributed by atoms with Crippen molar-refractivity contribution in [3.05, 3.63) is 53.9 Å². The minimum absolute atomic E-state index is 0.186. The van der Waals surface area contributed by atoms with E-state index in [0.717, 1.165) is 4.90 Å². The Morgan fingerprint density at radius 1 is 0.963 bits per heavy atom. The summed E-state index contributed by atoms with van der Waals surface area (Å²) in [6, 6.07) is 11.7. The molecule has 292 valence electrons. The van der Waals surface area contributed by atoms with Crippen molar-refractivity contribution in [1.82, 2.24) is 20.3 Å². The highest BCUT2D eigenvalue weighted by Crippen LogP contribution is 2.48. The van der Waals surface area contributed by atoms with E-state index in [1.165, 1.54) is 0 Å². The van der Waals surface area contributed by atoms with E-state index in [1.807, 2.05) is 4.72 Å². The number of nitrogens with one attached hydrogen (secondary N) is 3. The van der Waals surface area contributed by atoms with Crippen LogP contribution in [-0.4, -0.2) is 84.7 Å². The average molecular weight is 774 g/mol. The molecule has 2 saturated carbocycles. The summed E-state index contributed by atoms with van der Waals surface area (Å²) in [7, 11) is -4.14. The van der Waals surface area contributed by atoms with Gasteiger partial charge in [-0.05, 0) is 69.7 Å². The lowest BCUT2D eigenvalue weighted by Crippen LogP contribution is -2.60. The molecular formula is C37H45F2N5O9S. The number of carbonyl (C=O) groups is 4. The molecule has 0 spiro atoms. The molecule has 14 nitrogen and oxygen atoms in total. The van der Waals surface area contributed by atoms with Gasteiger partial charge >= 0.3 is 6.09 Å². The minimum atomic E-state index is -4.14. The first-order chi connectivity index (χ1) is 25.2. The van der Waals surface area contributed by atoms with Crippen LogP contribution < -0.4 is 20.7 Å². The summed E-state index contributed by atoms with van der Waals surface area (Å²) in [6.07, 6.45) is -4.91. The summed E-state index contributed by atoms with van der Waals surface area (Å²) in [5, 5.41) is 10.4. The number of ether oxygens (including phenoxy) is 1. The van der Waals surface area contributed by atoms with Crippen LogP contribution in [0.25, 0.3) is 21.9 Å². The molecule has 54 heavy (non-hydrogen) atoms. The first-order valence-electron chi connectivity index (χ1n) is 17.8. The molecule has 0 unspecified atom stereocenters. The molecule has 2 aliphatic carbocycles. The number of nitrogens with zero attached hydrogens (tertiary/aromatic N) is 2. The summed E-state index contributed by atoms with van der Waals surface area (Å²) in [4.78, 5) is 62.1. The van der Waals surface area contributed by atoms with E-state index in [0.29, 0.717) is 40.1 Å². The maximum atomic E-state index is 14.4. The number of rotatable bonds is 10. The number of likely N-dealkylation sites (tertiary alicyclic amines) is 1. The molecule has 2 aromatic carbocycles. The van der Waals surface area contributed by atoms with E-state index in [9.17, 15) is 36.4 Å². The monoisotopic (exact) mass is 773 g/mol. The van der Waals surface area contributed by atoms with Crippen LogP contribution >= 0.6 is 0 Å². The van der Waals surface area contributed by atoms with Crippen LogP contribution in [0, 0.1) is 11.3 Å². The molecule has 2 heterocycles. The number of carbonyl (C=O) groups excluding carboxylic acids is 4. The maximum absolute atomic E-state index is 14.4. The Bertz CT molecular complexity index is 2100. The Kier molecular flexibility index (Phi) is 10.2. The second kappa shape index (κ2) is 14.1. The number of hydrogen-bond acceptors (Lipinski definition) is 10. The lowest BCUT2D eigenvalue weighted by atomic mass is 9.85. The largest absolute Gasteiger partial charge is 0.456 e. The predicted molar refractivity (Wildman–Crippen MR) is 192 cm³/mol. The molecule has 3 fully saturated rings. The van der Waals surface area contributed by atoms with E-state index in [-0.39, 0.29) is 13.0 Å². The van der Waals surface area contributed by atoms with Gasteiger partial charge in [-0.15, -0.1) is 0 Å². The third-order valence-electron chi connectivity index (χ3n) is 9.69. The minimum Gasteiger partial charge on any atom is -0.456 e. The van der Waals surface area contributed by atoms with Crippen molar-refractivity contribution in [2.24, 2.45) is 16.5 Å². The number of para-hydroxylation sites is 2. The number of halogens is 2. The van der Waals surface area contributed by atoms with Crippen molar-refractivity contribution in [2.75, 3.05) is 6.54 Å². The van der Waals surface area contributed by atoms with Crippen LogP contribution in [0.2, 0.25) is 0 Å². The Balaban J connectivity index is 1.33. The van der Waals surface area contributed by atoms with Crippen LogP contribution in [0.5, 0.6) is 0 Å². The normalized spacial score (nSPS) is 23.5. The van der Waals surface area contributed by atoms with Gasteiger partial charge in [-0.25, -0.2) is 22.0 Å². The Labute approximate surface area is 311 Å². The summed E-state index contributed by atoms with van der Waals surface area (Å²) in [5.41, 5.74) is -2.97.